The second-order valence-electron chi connectivity index (χ2n) is 8.19. The number of ketones is 1. The van der Waals surface area contributed by atoms with Crippen molar-refractivity contribution in [2.75, 3.05) is 13.1 Å². The second-order valence-corrected chi connectivity index (χ2v) is 8.19. The monoisotopic (exact) mass is 396 g/mol. The van der Waals surface area contributed by atoms with Crippen LogP contribution < -0.4 is 5.73 Å². The molecule has 0 bridgehead atoms. The van der Waals surface area contributed by atoms with Crippen LogP contribution in [0.5, 0.6) is 0 Å². The van der Waals surface area contributed by atoms with Crippen LogP contribution >= 0.6 is 0 Å². The van der Waals surface area contributed by atoms with Crippen LogP contribution in [0.4, 0.5) is 0 Å². The van der Waals surface area contributed by atoms with E-state index in [1.165, 1.54) is 83.5 Å². The third kappa shape index (κ3) is 14.1. The number of unbranched alkanes of at least 4 members (excludes halogenated alkanes) is 14. The van der Waals surface area contributed by atoms with Gasteiger partial charge in [-0.25, -0.2) is 0 Å². The number of nitrogens with zero attached hydrogens (tertiary/aromatic N) is 1. The number of carbonyl (C=O) groups excluding carboxylic acids is 2. The Morgan fingerprint density at radius 3 is 1.32 bits per heavy atom. The van der Waals surface area contributed by atoms with Gasteiger partial charge in [0.25, 0.3) is 0 Å². The molecule has 0 saturated heterocycles. The fourth-order valence-electron chi connectivity index (χ4n) is 3.94. The molecule has 0 saturated carbocycles. The highest BCUT2D eigenvalue weighted by Crippen LogP contribution is 2.14. The Bertz CT molecular complexity index is 381. The first-order valence-electron chi connectivity index (χ1n) is 12.1. The molecule has 0 spiro atoms. The van der Waals surface area contributed by atoms with Crippen LogP contribution in [0, 0.1) is 0 Å². The highest BCUT2D eigenvalue weighted by molar-refractivity contribution is 6.04. The summed E-state index contributed by atoms with van der Waals surface area (Å²) in [5, 5.41) is 0. The SMILES string of the molecule is CCCCCCCCCCCCCCCCCC(=O)C(C(N)=O)N(CC)CC. The lowest BCUT2D eigenvalue weighted by Gasteiger charge is -2.25. The lowest BCUT2D eigenvalue weighted by Crippen LogP contribution is -2.49. The average molecular weight is 397 g/mol. The van der Waals surface area contributed by atoms with Gasteiger partial charge in [-0.3, -0.25) is 14.5 Å². The van der Waals surface area contributed by atoms with Gasteiger partial charge in [-0.05, 0) is 19.5 Å². The zero-order chi connectivity index (χ0) is 21.0. The van der Waals surface area contributed by atoms with E-state index in [1.807, 2.05) is 18.7 Å². The van der Waals surface area contributed by atoms with Gasteiger partial charge in [-0.15, -0.1) is 0 Å². The number of nitrogens with two attached hydrogens (primary N) is 1. The van der Waals surface area contributed by atoms with Crippen molar-refractivity contribution in [3.8, 4) is 0 Å². The number of amides is 1. The molecular formula is C24H48N2O2. The molecule has 1 unspecified atom stereocenters. The highest BCUT2D eigenvalue weighted by atomic mass is 16.2. The van der Waals surface area contributed by atoms with Gasteiger partial charge >= 0.3 is 0 Å². The molecule has 0 fully saturated rings. The lowest BCUT2D eigenvalue weighted by atomic mass is 10.0. The lowest BCUT2D eigenvalue weighted by molar-refractivity contribution is -0.134. The first kappa shape index (κ1) is 27.1. The number of hydrogen-bond donors (Lipinski definition) is 1. The standard InChI is InChI=1S/C24H48N2O2/c1-4-7-8-9-10-11-12-13-14-15-16-17-18-19-20-21-22(27)23(24(25)28)26(5-2)6-3/h23H,4-21H2,1-3H3,(H2,25,28). The minimum absolute atomic E-state index is 0.00843. The summed E-state index contributed by atoms with van der Waals surface area (Å²) < 4.78 is 0. The summed E-state index contributed by atoms with van der Waals surface area (Å²) in [6.45, 7) is 7.54. The Morgan fingerprint density at radius 2 is 1.00 bits per heavy atom. The first-order chi connectivity index (χ1) is 13.6. The molecule has 0 aliphatic heterocycles. The Kier molecular flexibility index (Phi) is 18.8. The molecule has 0 aromatic carbocycles. The fourth-order valence-corrected chi connectivity index (χ4v) is 3.94. The van der Waals surface area contributed by atoms with Gasteiger partial charge in [0.15, 0.2) is 5.78 Å². The molecule has 0 heterocycles. The number of hydrogen-bond acceptors (Lipinski definition) is 3. The Hall–Kier alpha value is -0.900. The molecule has 0 aromatic heterocycles. The van der Waals surface area contributed by atoms with Crippen molar-refractivity contribution >= 4 is 11.7 Å². The zero-order valence-electron chi connectivity index (χ0n) is 19.1. The minimum Gasteiger partial charge on any atom is -0.368 e. The highest BCUT2D eigenvalue weighted by Gasteiger charge is 2.28. The molecule has 166 valence electrons. The van der Waals surface area contributed by atoms with Gasteiger partial charge in [-0.1, -0.05) is 111 Å². The summed E-state index contributed by atoms with van der Waals surface area (Å²) in [5.41, 5.74) is 5.44. The molecule has 28 heavy (non-hydrogen) atoms. The van der Waals surface area contributed by atoms with Gasteiger partial charge < -0.3 is 5.73 Å². The zero-order valence-corrected chi connectivity index (χ0v) is 19.1. The van der Waals surface area contributed by atoms with E-state index < -0.39 is 11.9 Å². The molecule has 4 nitrogen and oxygen atoms in total. The van der Waals surface area contributed by atoms with Crippen LogP contribution in [0.2, 0.25) is 0 Å². The molecule has 1 atom stereocenters. The van der Waals surface area contributed by atoms with Crippen LogP contribution in [0.1, 0.15) is 124 Å². The van der Waals surface area contributed by atoms with E-state index in [9.17, 15) is 9.59 Å². The smallest absolute Gasteiger partial charge is 0.242 e. The molecular weight excluding hydrogens is 348 g/mol. The Labute approximate surface area is 175 Å². The maximum atomic E-state index is 12.3. The predicted molar refractivity (Wildman–Crippen MR) is 120 cm³/mol. The molecule has 0 radical (unpaired) electrons. The van der Waals surface area contributed by atoms with Crippen molar-refractivity contribution in [2.45, 2.75) is 130 Å². The molecule has 2 N–H and O–H groups in total. The molecule has 0 aliphatic rings. The van der Waals surface area contributed by atoms with E-state index in [2.05, 4.69) is 6.92 Å². The number of rotatable bonds is 21. The second kappa shape index (κ2) is 19.4. The van der Waals surface area contributed by atoms with Crippen molar-refractivity contribution in [2.24, 2.45) is 5.73 Å². The van der Waals surface area contributed by atoms with E-state index >= 15 is 0 Å². The fraction of sp³-hybridized carbons (Fsp3) is 0.917. The summed E-state index contributed by atoms with van der Waals surface area (Å²) in [7, 11) is 0. The molecule has 4 heteroatoms. The number of Topliss-reactive ketones (excluding diaryl/α,β-unsaturated/α-hetero) is 1. The van der Waals surface area contributed by atoms with E-state index in [0.717, 1.165) is 12.8 Å². The summed E-state index contributed by atoms with van der Waals surface area (Å²) in [4.78, 5) is 25.8. The first-order valence-corrected chi connectivity index (χ1v) is 12.1. The topological polar surface area (TPSA) is 63.4 Å². The van der Waals surface area contributed by atoms with Gasteiger partial charge in [0.2, 0.25) is 5.91 Å². The van der Waals surface area contributed by atoms with Crippen molar-refractivity contribution < 1.29 is 9.59 Å². The van der Waals surface area contributed by atoms with Crippen molar-refractivity contribution in [3.05, 3.63) is 0 Å². The maximum Gasteiger partial charge on any atom is 0.242 e. The normalized spacial score (nSPS) is 12.4. The summed E-state index contributed by atoms with van der Waals surface area (Å²) in [6.07, 6.45) is 20.1. The van der Waals surface area contributed by atoms with Crippen LogP contribution in [0.15, 0.2) is 0 Å². The largest absolute Gasteiger partial charge is 0.368 e. The summed E-state index contributed by atoms with van der Waals surface area (Å²) >= 11 is 0. The third-order valence-corrected chi connectivity index (χ3v) is 5.78. The predicted octanol–water partition coefficient (Wildman–Crippen LogP) is 6.01. The third-order valence-electron chi connectivity index (χ3n) is 5.78. The number of likely N-dealkylation sites (N-methyl/N-ethyl adjacent to an activating group) is 1. The van der Waals surface area contributed by atoms with E-state index in [-0.39, 0.29) is 5.78 Å². The number of carbonyl (C=O) groups is 2. The molecule has 0 aromatic rings. The van der Waals surface area contributed by atoms with Gasteiger partial charge in [0.1, 0.15) is 6.04 Å². The van der Waals surface area contributed by atoms with Crippen LogP contribution in [0.3, 0.4) is 0 Å². The van der Waals surface area contributed by atoms with E-state index in [4.69, 9.17) is 5.73 Å². The quantitative estimate of drug-likeness (QED) is 0.191. The van der Waals surface area contributed by atoms with Crippen LogP contribution in [-0.4, -0.2) is 35.7 Å². The van der Waals surface area contributed by atoms with Crippen LogP contribution in [-0.2, 0) is 9.59 Å². The van der Waals surface area contributed by atoms with Gasteiger partial charge in [-0.2, -0.15) is 0 Å². The molecule has 0 rings (SSSR count). The number of primary amides is 1. The van der Waals surface area contributed by atoms with Gasteiger partial charge in [0.05, 0.1) is 0 Å². The average Bonchev–Trinajstić information content (AvgIpc) is 2.68. The van der Waals surface area contributed by atoms with Crippen molar-refractivity contribution in [1.29, 1.82) is 0 Å². The molecule has 1 amide bonds. The van der Waals surface area contributed by atoms with Crippen LogP contribution in [0.25, 0.3) is 0 Å². The van der Waals surface area contributed by atoms with E-state index in [0.29, 0.717) is 19.5 Å². The minimum atomic E-state index is -0.735. The van der Waals surface area contributed by atoms with Crippen molar-refractivity contribution in [3.63, 3.8) is 0 Å². The maximum absolute atomic E-state index is 12.3. The van der Waals surface area contributed by atoms with E-state index in [1.54, 1.807) is 0 Å². The van der Waals surface area contributed by atoms with Gasteiger partial charge in [0, 0.05) is 6.42 Å². The van der Waals surface area contributed by atoms with Crippen molar-refractivity contribution in [1.82, 2.24) is 4.90 Å². The summed E-state index contributed by atoms with van der Waals surface area (Å²) in [5.74, 6) is -0.513. The Balaban J connectivity index is 3.54. The molecule has 0 aliphatic carbocycles. The summed E-state index contributed by atoms with van der Waals surface area (Å²) in [6, 6.07) is -0.735. The Morgan fingerprint density at radius 1 is 0.643 bits per heavy atom.